The second-order valence-electron chi connectivity index (χ2n) is 3.98. The molecule has 1 nitrogen and oxygen atoms in total. The van der Waals surface area contributed by atoms with Crippen molar-refractivity contribution in [2.45, 2.75) is 13.3 Å². The zero-order valence-electron chi connectivity index (χ0n) is 8.62. The van der Waals surface area contributed by atoms with Crippen LogP contribution in [-0.4, -0.2) is 18.1 Å². The molecule has 14 heavy (non-hydrogen) atoms. The molecule has 1 heterocycles. The molecule has 0 aromatic heterocycles. The Morgan fingerprint density at radius 2 is 2.43 bits per heavy atom. The number of benzene rings is 1. The van der Waals surface area contributed by atoms with E-state index in [1.807, 2.05) is 0 Å². The topological polar surface area (TPSA) is 12.0 Å². The smallest absolute Gasteiger partial charge is 0.0342 e. The Bertz CT molecular complexity index is 292. The minimum absolute atomic E-state index is 0.875. The summed E-state index contributed by atoms with van der Waals surface area (Å²) in [5, 5.41) is 3.51. The first-order valence-electron chi connectivity index (χ1n) is 5.23. The molecule has 0 saturated carbocycles. The van der Waals surface area contributed by atoms with E-state index in [4.69, 9.17) is 0 Å². The lowest BCUT2D eigenvalue weighted by atomic mass is 10.1. The summed E-state index contributed by atoms with van der Waals surface area (Å²) in [4.78, 5) is 0. The van der Waals surface area contributed by atoms with E-state index >= 15 is 0 Å². The van der Waals surface area contributed by atoms with Crippen molar-refractivity contribution in [1.82, 2.24) is 0 Å². The molecule has 0 spiro atoms. The monoisotopic (exact) mass is 207 g/mol. The molecule has 1 saturated heterocycles. The number of nitrogens with one attached hydrogen (secondary N) is 1. The van der Waals surface area contributed by atoms with Crippen LogP contribution in [0, 0.1) is 12.8 Å². The van der Waals surface area contributed by atoms with E-state index in [9.17, 15) is 0 Å². The first-order valence-corrected chi connectivity index (χ1v) is 6.38. The van der Waals surface area contributed by atoms with Crippen LogP contribution >= 0.6 is 11.8 Å². The largest absolute Gasteiger partial charge is 0.385 e. The van der Waals surface area contributed by atoms with Gasteiger partial charge in [-0.05, 0) is 48.5 Å². The second-order valence-corrected chi connectivity index (χ2v) is 5.13. The minimum atomic E-state index is 0.875. The molecule has 76 valence electrons. The van der Waals surface area contributed by atoms with Gasteiger partial charge in [-0.3, -0.25) is 0 Å². The number of rotatable bonds is 3. The van der Waals surface area contributed by atoms with Crippen LogP contribution in [0.2, 0.25) is 0 Å². The summed E-state index contributed by atoms with van der Waals surface area (Å²) in [6.07, 6.45) is 1.38. The molecule has 1 atom stereocenters. The van der Waals surface area contributed by atoms with Gasteiger partial charge in [-0.15, -0.1) is 0 Å². The van der Waals surface area contributed by atoms with Crippen LogP contribution in [0.1, 0.15) is 12.0 Å². The van der Waals surface area contributed by atoms with Crippen molar-refractivity contribution in [1.29, 1.82) is 0 Å². The normalized spacial score (nSPS) is 21.1. The molecule has 1 unspecified atom stereocenters. The van der Waals surface area contributed by atoms with Crippen LogP contribution < -0.4 is 5.32 Å². The fourth-order valence-electron chi connectivity index (χ4n) is 1.76. The van der Waals surface area contributed by atoms with Crippen LogP contribution in [0.4, 0.5) is 5.69 Å². The van der Waals surface area contributed by atoms with Crippen molar-refractivity contribution in [3.05, 3.63) is 29.8 Å². The molecule has 2 rings (SSSR count). The number of aryl methyl sites for hydroxylation is 1. The fourth-order valence-corrected chi connectivity index (χ4v) is 3.05. The minimum Gasteiger partial charge on any atom is -0.385 e. The zero-order valence-corrected chi connectivity index (χ0v) is 9.44. The predicted octanol–water partition coefficient (Wildman–Crippen LogP) is 3.16. The Balaban J connectivity index is 1.85. The Labute approximate surface area is 90.3 Å². The maximum Gasteiger partial charge on any atom is 0.0342 e. The van der Waals surface area contributed by atoms with Crippen molar-refractivity contribution in [2.24, 2.45) is 5.92 Å². The van der Waals surface area contributed by atoms with E-state index in [2.05, 4.69) is 48.3 Å². The molecular formula is C12H17NS. The van der Waals surface area contributed by atoms with Gasteiger partial charge in [-0.2, -0.15) is 11.8 Å². The third-order valence-corrected chi connectivity index (χ3v) is 3.87. The van der Waals surface area contributed by atoms with Gasteiger partial charge in [0.05, 0.1) is 0 Å². The van der Waals surface area contributed by atoms with Crippen molar-refractivity contribution in [3.8, 4) is 0 Å². The SMILES string of the molecule is Cc1cccc(NCC2CCSC2)c1. The van der Waals surface area contributed by atoms with Gasteiger partial charge >= 0.3 is 0 Å². The third-order valence-electron chi connectivity index (χ3n) is 2.64. The van der Waals surface area contributed by atoms with Gasteiger partial charge in [-0.25, -0.2) is 0 Å². The van der Waals surface area contributed by atoms with Gasteiger partial charge < -0.3 is 5.32 Å². The highest BCUT2D eigenvalue weighted by molar-refractivity contribution is 7.99. The first kappa shape index (κ1) is 9.91. The molecule has 1 N–H and O–H groups in total. The molecule has 1 aliphatic heterocycles. The quantitative estimate of drug-likeness (QED) is 0.817. The average molecular weight is 207 g/mol. The molecule has 0 radical (unpaired) electrons. The van der Waals surface area contributed by atoms with Gasteiger partial charge in [0.2, 0.25) is 0 Å². The van der Waals surface area contributed by atoms with Gasteiger partial charge in [0.1, 0.15) is 0 Å². The van der Waals surface area contributed by atoms with Crippen molar-refractivity contribution < 1.29 is 0 Å². The van der Waals surface area contributed by atoms with Crippen LogP contribution in [0.5, 0.6) is 0 Å². The lowest BCUT2D eigenvalue weighted by molar-refractivity contribution is 0.632. The highest BCUT2D eigenvalue weighted by Gasteiger charge is 2.14. The number of hydrogen-bond donors (Lipinski definition) is 1. The van der Waals surface area contributed by atoms with E-state index in [0.717, 1.165) is 12.5 Å². The van der Waals surface area contributed by atoms with Crippen LogP contribution in [0.25, 0.3) is 0 Å². The van der Waals surface area contributed by atoms with Crippen LogP contribution in [-0.2, 0) is 0 Å². The Kier molecular flexibility index (Phi) is 3.35. The molecule has 1 aliphatic rings. The molecule has 2 heteroatoms. The maximum atomic E-state index is 3.51. The summed E-state index contributed by atoms with van der Waals surface area (Å²) in [5.74, 6) is 3.56. The molecule has 0 amide bonds. The Morgan fingerprint density at radius 1 is 1.50 bits per heavy atom. The average Bonchev–Trinajstić information content (AvgIpc) is 2.67. The summed E-state index contributed by atoms with van der Waals surface area (Å²) in [6.45, 7) is 3.27. The highest BCUT2D eigenvalue weighted by Crippen LogP contribution is 2.23. The standard InChI is InChI=1S/C12H17NS/c1-10-3-2-4-12(7-10)13-8-11-5-6-14-9-11/h2-4,7,11,13H,5-6,8-9H2,1H3. The first-order chi connectivity index (χ1) is 6.84. The Hall–Kier alpha value is -0.630. The van der Waals surface area contributed by atoms with Gasteiger partial charge in [0.15, 0.2) is 0 Å². The van der Waals surface area contributed by atoms with E-state index in [0.29, 0.717) is 0 Å². The molecular weight excluding hydrogens is 190 g/mol. The third kappa shape index (κ3) is 2.68. The molecule has 1 aromatic rings. The van der Waals surface area contributed by atoms with E-state index in [1.54, 1.807) is 0 Å². The second kappa shape index (κ2) is 4.74. The summed E-state index contributed by atoms with van der Waals surface area (Å²) in [5.41, 5.74) is 2.60. The summed E-state index contributed by atoms with van der Waals surface area (Å²) >= 11 is 2.08. The van der Waals surface area contributed by atoms with E-state index in [1.165, 1.54) is 29.2 Å². The summed E-state index contributed by atoms with van der Waals surface area (Å²) < 4.78 is 0. The number of hydrogen-bond acceptors (Lipinski definition) is 2. The fraction of sp³-hybridized carbons (Fsp3) is 0.500. The number of thioether (sulfide) groups is 1. The summed E-state index contributed by atoms with van der Waals surface area (Å²) in [6, 6.07) is 8.61. The van der Waals surface area contributed by atoms with Gasteiger partial charge in [0, 0.05) is 12.2 Å². The van der Waals surface area contributed by atoms with Crippen molar-refractivity contribution >= 4 is 17.4 Å². The predicted molar refractivity (Wildman–Crippen MR) is 65.1 cm³/mol. The van der Waals surface area contributed by atoms with Crippen LogP contribution in [0.15, 0.2) is 24.3 Å². The van der Waals surface area contributed by atoms with E-state index < -0.39 is 0 Å². The number of anilines is 1. The molecule has 1 aromatic carbocycles. The van der Waals surface area contributed by atoms with E-state index in [-0.39, 0.29) is 0 Å². The highest BCUT2D eigenvalue weighted by atomic mass is 32.2. The van der Waals surface area contributed by atoms with Crippen LogP contribution in [0.3, 0.4) is 0 Å². The van der Waals surface area contributed by atoms with Crippen molar-refractivity contribution in [3.63, 3.8) is 0 Å². The zero-order chi connectivity index (χ0) is 9.80. The maximum absolute atomic E-state index is 3.51. The molecule has 0 bridgehead atoms. The lowest BCUT2D eigenvalue weighted by Gasteiger charge is -2.11. The Morgan fingerprint density at radius 3 is 3.14 bits per heavy atom. The molecule has 1 fully saturated rings. The van der Waals surface area contributed by atoms with Crippen molar-refractivity contribution in [2.75, 3.05) is 23.4 Å². The molecule has 0 aliphatic carbocycles. The van der Waals surface area contributed by atoms with Gasteiger partial charge in [-0.1, -0.05) is 12.1 Å². The summed E-state index contributed by atoms with van der Waals surface area (Å²) in [7, 11) is 0. The van der Waals surface area contributed by atoms with Gasteiger partial charge in [0.25, 0.3) is 0 Å². The lowest BCUT2D eigenvalue weighted by Crippen LogP contribution is -2.13.